The van der Waals surface area contributed by atoms with Gasteiger partial charge < -0.3 is 19.7 Å². The molecule has 0 aliphatic rings. The van der Waals surface area contributed by atoms with Gasteiger partial charge in [-0.1, -0.05) is 113 Å². The highest BCUT2D eigenvalue weighted by atomic mass is 16.5. The van der Waals surface area contributed by atoms with Crippen molar-refractivity contribution in [2.24, 2.45) is 0 Å². The number of aliphatic hydroxyl groups excluding tert-OH is 2. The molecule has 0 aliphatic heterocycles. The van der Waals surface area contributed by atoms with Crippen molar-refractivity contribution in [1.29, 1.82) is 0 Å². The summed E-state index contributed by atoms with van der Waals surface area (Å²) in [6.07, 6.45) is 8.52. The normalized spacial score (nSPS) is 14.2. The Morgan fingerprint density at radius 2 is 1.06 bits per heavy atom. The first-order valence-electron chi connectivity index (χ1n) is 12.4. The summed E-state index contributed by atoms with van der Waals surface area (Å²) >= 11 is 0. The van der Waals surface area contributed by atoms with Gasteiger partial charge >= 0.3 is 0 Å². The van der Waals surface area contributed by atoms with E-state index in [1.807, 2.05) is 60.7 Å². The number of ether oxygens (including phenoxy) is 2. The fourth-order valence-corrected chi connectivity index (χ4v) is 3.86. The molecule has 0 heterocycles. The van der Waals surface area contributed by atoms with Crippen molar-refractivity contribution in [2.45, 2.75) is 83.0 Å². The highest BCUT2D eigenvalue weighted by Crippen LogP contribution is 2.29. The van der Waals surface area contributed by atoms with Crippen LogP contribution in [0.3, 0.4) is 0 Å². The molecular formula is C28H42O4. The summed E-state index contributed by atoms with van der Waals surface area (Å²) in [4.78, 5) is 0. The van der Waals surface area contributed by atoms with Gasteiger partial charge in [0, 0.05) is 19.8 Å². The smallest absolute Gasteiger partial charge is 0.118 e. The van der Waals surface area contributed by atoms with Gasteiger partial charge in [0.1, 0.15) is 18.3 Å². The first-order chi connectivity index (χ1) is 15.7. The highest BCUT2D eigenvalue weighted by molar-refractivity contribution is 5.23. The lowest BCUT2D eigenvalue weighted by Gasteiger charge is -2.28. The Balaban J connectivity index is 1.68. The zero-order valence-electron chi connectivity index (χ0n) is 19.7. The molecule has 2 atom stereocenters. The molecule has 0 fully saturated rings. The molecule has 0 aromatic heterocycles. The molecule has 4 heteroatoms. The van der Waals surface area contributed by atoms with Crippen LogP contribution in [-0.4, -0.2) is 36.1 Å². The first kappa shape index (κ1) is 26.5. The monoisotopic (exact) mass is 442 g/mol. The maximum atomic E-state index is 10.9. The number of hydrogen-bond acceptors (Lipinski definition) is 4. The number of rotatable bonds is 18. The molecule has 0 spiro atoms. The van der Waals surface area contributed by atoms with Gasteiger partial charge in [-0.15, -0.1) is 0 Å². The predicted octanol–water partition coefficient (Wildman–Crippen LogP) is 6.39. The van der Waals surface area contributed by atoms with E-state index in [0.29, 0.717) is 13.2 Å². The van der Waals surface area contributed by atoms with Crippen LogP contribution in [0, 0.1) is 0 Å². The molecule has 2 rings (SSSR count). The van der Waals surface area contributed by atoms with Gasteiger partial charge in [0.25, 0.3) is 0 Å². The minimum absolute atomic E-state index is 0.426. The summed E-state index contributed by atoms with van der Waals surface area (Å²) in [7, 11) is 0. The van der Waals surface area contributed by atoms with E-state index in [9.17, 15) is 10.2 Å². The highest BCUT2D eigenvalue weighted by Gasteiger charge is 2.30. The summed E-state index contributed by atoms with van der Waals surface area (Å²) in [6.45, 7) is 4.10. The van der Waals surface area contributed by atoms with Crippen LogP contribution in [0.2, 0.25) is 0 Å². The van der Waals surface area contributed by atoms with Crippen LogP contribution in [0.25, 0.3) is 0 Å². The molecule has 2 aromatic carbocycles. The standard InChI is InChI=1S/C28H42O4/c1-2-3-4-5-6-7-8-15-21-31-22-16-23-32-28(26(29)24-17-11-9-12-18-24)27(30)25-19-13-10-14-20-25/h9-14,17-20,26-30H,2-8,15-16,21-23H2,1H3. The maximum Gasteiger partial charge on any atom is 0.118 e. The Morgan fingerprint density at radius 3 is 1.59 bits per heavy atom. The van der Waals surface area contributed by atoms with E-state index in [-0.39, 0.29) is 0 Å². The number of hydrogen-bond donors (Lipinski definition) is 2. The van der Waals surface area contributed by atoms with Crippen molar-refractivity contribution < 1.29 is 19.7 Å². The summed E-state index contributed by atoms with van der Waals surface area (Å²) < 4.78 is 11.7. The zero-order valence-corrected chi connectivity index (χ0v) is 19.7. The quantitative estimate of drug-likeness (QED) is 0.263. The second-order valence-corrected chi connectivity index (χ2v) is 8.49. The fraction of sp³-hybridized carbons (Fsp3) is 0.571. The van der Waals surface area contributed by atoms with E-state index in [1.54, 1.807) is 0 Å². The fourth-order valence-electron chi connectivity index (χ4n) is 3.86. The third-order valence-corrected chi connectivity index (χ3v) is 5.79. The minimum Gasteiger partial charge on any atom is -0.386 e. The first-order valence-corrected chi connectivity index (χ1v) is 12.4. The lowest BCUT2D eigenvalue weighted by molar-refractivity contribution is -0.106. The average molecular weight is 443 g/mol. The van der Waals surface area contributed by atoms with Gasteiger partial charge in [-0.2, -0.15) is 0 Å². The van der Waals surface area contributed by atoms with Crippen molar-refractivity contribution in [3.63, 3.8) is 0 Å². The SMILES string of the molecule is CCCCCCCCCCOCCCOC(C(O)c1ccccc1)C(O)c1ccccc1. The van der Waals surface area contributed by atoms with E-state index >= 15 is 0 Å². The number of aliphatic hydroxyl groups is 2. The van der Waals surface area contributed by atoms with Crippen LogP contribution in [0.5, 0.6) is 0 Å². The average Bonchev–Trinajstić information content (AvgIpc) is 2.84. The molecule has 2 unspecified atom stereocenters. The van der Waals surface area contributed by atoms with Crippen molar-refractivity contribution in [3.8, 4) is 0 Å². The molecule has 0 aliphatic carbocycles. The predicted molar refractivity (Wildman–Crippen MR) is 131 cm³/mol. The van der Waals surface area contributed by atoms with Crippen molar-refractivity contribution in [3.05, 3.63) is 71.8 Å². The van der Waals surface area contributed by atoms with Gasteiger partial charge in [0.2, 0.25) is 0 Å². The third-order valence-electron chi connectivity index (χ3n) is 5.79. The van der Waals surface area contributed by atoms with Gasteiger partial charge in [-0.25, -0.2) is 0 Å². The van der Waals surface area contributed by atoms with Crippen molar-refractivity contribution in [2.75, 3.05) is 19.8 Å². The van der Waals surface area contributed by atoms with E-state index in [2.05, 4.69) is 6.92 Å². The Hall–Kier alpha value is -1.72. The van der Waals surface area contributed by atoms with Crippen LogP contribution >= 0.6 is 0 Å². The second-order valence-electron chi connectivity index (χ2n) is 8.49. The van der Waals surface area contributed by atoms with E-state index in [0.717, 1.165) is 30.6 Å². The molecule has 2 N–H and O–H groups in total. The largest absolute Gasteiger partial charge is 0.386 e. The van der Waals surface area contributed by atoms with Gasteiger partial charge in [0.05, 0.1) is 0 Å². The van der Waals surface area contributed by atoms with Crippen LogP contribution in [0.4, 0.5) is 0 Å². The van der Waals surface area contributed by atoms with E-state index < -0.39 is 18.3 Å². The number of unbranched alkanes of at least 4 members (excludes halogenated alkanes) is 7. The van der Waals surface area contributed by atoms with Gasteiger partial charge in [-0.05, 0) is 24.0 Å². The topological polar surface area (TPSA) is 58.9 Å². The Bertz CT molecular complexity index is 631. The van der Waals surface area contributed by atoms with E-state index in [4.69, 9.17) is 9.47 Å². The molecule has 0 saturated carbocycles. The Morgan fingerprint density at radius 1 is 0.594 bits per heavy atom. The molecule has 0 amide bonds. The molecule has 0 bridgehead atoms. The lowest BCUT2D eigenvalue weighted by Crippen LogP contribution is -2.30. The molecule has 4 nitrogen and oxygen atoms in total. The second kappa shape index (κ2) is 16.8. The molecule has 32 heavy (non-hydrogen) atoms. The number of benzene rings is 2. The van der Waals surface area contributed by atoms with Crippen LogP contribution in [-0.2, 0) is 9.47 Å². The summed E-state index contributed by atoms with van der Waals surface area (Å²) in [5.41, 5.74) is 1.47. The molecule has 178 valence electrons. The summed E-state index contributed by atoms with van der Waals surface area (Å²) in [5.74, 6) is 0. The molecule has 0 saturated heterocycles. The van der Waals surface area contributed by atoms with Crippen LogP contribution in [0.15, 0.2) is 60.7 Å². The molecule has 2 aromatic rings. The molecular weight excluding hydrogens is 400 g/mol. The third kappa shape index (κ3) is 10.3. The Labute approximate surface area is 194 Å². The van der Waals surface area contributed by atoms with Crippen molar-refractivity contribution >= 4 is 0 Å². The Kier molecular flexibility index (Phi) is 14.0. The van der Waals surface area contributed by atoms with Gasteiger partial charge in [0.15, 0.2) is 0 Å². The van der Waals surface area contributed by atoms with Gasteiger partial charge in [-0.3, -0.25) is 0 Å². The van der Waals surface area contributed by atoms with E-state index in [1.165, 1.54) is 44.9 Å². The van der Waals surface area contributed by atoms with Crippen LogP contribution < -0.4 is 0 Å². The summed E-state index contributed by atoms with van der Waals surface area (Å²) in [6, 6.07) is 18.7. The molecule has 0 radical (unpaired) electrons. The van der Waals surface area contributed by atoms with Crippen LogP contribution in [0.1, 0.15) is 88.0 Å². The lowest BCUT2D eigenvalue weighted by atomic mass is 9.95. The maximum absolute atomic E-state index is 10.9. The summed E-state index contributed by atoms with van der Waals surface area (Å²) in [5, 5.41) is 21.8. The zero-order chi connectivity index (χ0) is 22.9. The van der Waals surface area contributed by atoms with Crippen molar-refractivity contribution in [1.82, 2.24) is 0 Å². The minimum atomic E-state index is -0.912.